The number of halogens is 2. The summed E-state index contributed by atoms with van der Waals surface area (Å²) in [5.74, 6) is -2.00. The maximum Gasteiger partial charge on any atom is 0.224 e. The van der Waals surface area contributed by atoms with E-state index in [0.717, 1.165) is 12.1 Å². The Labute approximate surface area is 163 Å². The van der Waals surface area contributed by atoms with Crippen LogP contribution < -0.4 is 0 Å². The highest BCUT2D eigenvalue weighted by Crippen LogP contribution is 2.18. The third kappa shape index (κ3) is 5.26. The number of likely N-dealkylation sites (tertiary alicyclic amines) is 1. The second-order valence-electron chi connectivity index (χ2n) is 7.38. The molecule has 2 fully saturated rings. The number of ether oxygens (including phenoxy) is 1. The molecule has 0 radical (unpaired) electrons. The SMILES string of the molecule is O=C(CC1COCCN1C(=O)CCc1ccc(F)c(F)c1)N1CCC(O)CC1. The fraction of sp³-hybridized carbons (Fsp3) is 0.600. The van der Waals surface area contributed by atoms with Crippen LogP contribution in [0.2, 0.25) is 0 Å². The Balaban J connectivity index is 1.55. The average Bonchev–Trinajstić information content (AvgIpc) is 2.69. The topological polar surface area (TPSA) is 70.1 Å². The summed E-state index contributed by atoms with van der Waals surface area (Å²) in [6, 6.07) is 3.30. The Kier molecular flexibility index (Phi) is 6.96. The van der Waals surface area contributed by atoms with Crippen molar-refractivity contribution in [3.05, 3.63) is 35.4 Å². The fourth-order valence-corrected chi connectivity index (χ4v) is 3.69. The largest absolute Gasteiger partial charge is 0.393 e. The van der Waals surface area contributed by atoms with E-state index in [2.05, 4.69) is 0 Å². The Morgan fingerprint density at radius 2 is 1.86 bits per heavy atom. The molecule has 3 rings (SSSR count). The minimum atomic E-state index is -0.925. The lowest BCUT2D eigenvalue weighted by atomic mass is 10.0. The van der Waals surface area contributed by atoms with Gasteiger partial charge in [0, 0.05) is 32.5 Å². The molecule has 154 valence electrons. The van der Waals surface area contributed by atoms with Gasteiger partial charge in [0.2, 0.25) is 11.8 Å². The van der Waals surface area contributed by atoms with Crippen molar-refractivity contribution < 1.29 is 28.2 Å². The number of aliphatic hydroxyl groups is 1. The lowest BCUT2D eigenvalue weighted by molar-refractivity contribution is -0.144. The number of hydrogen-bond donors (Lipinski definition) is 1. The summed E-state index contributed by atoms with van der Waals surface area (Å²) in [6.07, 6.45) is 1.45. The number of carbonyl (C=O) groups excluding carboxylic acids is 2. The fourth-order valence-electron chi connectivity index (χ4n) is 3.69. The standard InChI is InChI=1S/C20H26F2N2O4/c21-17-3-1-14(11-18(17)22)2-4-19(26)24-9-10-28-13-15(24)12-20(27)23-7-5-16(25)6-8-23/h1,3,11,15-16,25H,2,4-10,12-13H2. The quantitative estimate of drug-likeness (QED) is 0.819. The summed E-state index contributed by atoms with van der Waals surface area (Å²) < 4.78 is 31.8. The zero-order chi connectivity index (χ0) is 20.1. The number of amides is 2. The van der Waals surface area contributed by atoms with Crippen LogP contribution in [0.1, 0.15) is 31.2 Å². The molecule has 2 amide bonds. The van der Waals surface area contributed by atoms with Crippen LogP contribution in [0.3, 0.4) is 0 Å². The Morgan fingerprint density at radius 1 is 1.11 bits per heavy atom. The van der Waals surface area contributed by atoms with Crippen molar-refractivity contribution in [3.63, 3.8) is 0 Å². The van der Waals surface area contributed by atoms with Crippen molar-refractivity contribution in [1.82, 2.24) is 9.80 Å². The first-order valence-electron chi connectivity index (χ1n) is 9.71. The van der Waals surface area contributed by atoms with Gasteiger partial charge in [-0.2, -0.15) is 0 Å². The van der Waals surface area contributed by atoms with Gasteiger partial charge in [-0.05, 0) is 37.0 Å². The van der Waals surface area contributed by atoms with Crippen molar-refractivity contribution in [2.45, 2.75) is 44.2 Å². The molecule has 1 aromatic carbocycles. The third-order valence-electron chi connectivity index (χ3n) is 5.39. The van der Waals surface area contributed by atoms with Gasteiger partial charge in [-0.25, -0.2) is 8.78 Å². The van der Waals surface area contributed by atoms with Gasteiger partial charge in [0.05, 0.1) is 25.4 Å². The van der Waals surface area contributed by atoms with Crippen LogP contribution in [0.15, 0.2) is 18.2 Å². The maximum absolute atomic E-state index is 13.3. The van der Waals surface area contributed by atoms with Crippen LogP contribution in [0.25, 0.3) is 0 Å². The lowest BCUT2D eigenvalue weighted by Crippen LogP contribution is -2.51. The molecule has 0 spiro atoms. The van der Waals surface area contributed by atoms with E-state index in [1.807, 2.05) is 0 Å². The molecule has 2 aliphatic rings. The van der Waals surface area contributed by atoms with Crippen LogP contribution in [0.5, 0.6) is 0 Å². The van der Waals surface area contributed by atoms with Gasteiger partial charge in [-0.1, -0.05) is 6.07 Å². The van der Waals surface area contributed by atoms with Crippen LogP contribution in [0, 0.1) is 11.6 Å². The van der Waals surface area contributed by atoms with E-state index in [1.54, 1.807) is 9.80 Å². The van der Waals surface area contributed by atoms with Gasteiger partial charge >= 0.3 is 0 Å². The molecule has 6 nitrogen and oxygen atoms in total. The summed E-state index contributed by atoms with van der Waals surface area (Å²) in [6.45, 7) is 2.18. The summed E-state index contributed by atoms with van der Waals surface area (Å²) in [7, 11) is 0. The number of aryl methyl sites for hydroxylation is 1. The average molecular weight is 396 g/mol. The highest BCUT2D eigenvalue weighted by molar-refractivity contribution is 5.80. The van der Waals surface area contributed by atoms with Crippen molar-refractivity contribution in [2.75, 3.05) is 32.8 Å². The summed E-state index contributed by atoms with van der Waals surface area (Å²) >= 11 is 0. The molecule has 0 bridgehead atoms. The van der Waals surface area contributed by atoms with Crippen LogP contribution in [-0.4, -0.2) is 71.7 Å². The number of morpholine rings is 1. The molecular weight excluding hydrogens is 370 g/mol. The monoisotopic (exact) mass is 396 g/mol. The molecule has 1 N–H and O–H groups in total. The first-order valence-corrected chi connectivity index (χ1v) is 9.71. The number of piperidine rings is 1. The van der Waals surface area contributed by atoms with Crippen molar-refractivity contribution in [2.24, 2.45) is 0 Å². The number of carbonyl (C=O) groups is 2. The van der Waals surface area contributed by atoms with Crippen molar-refractivity contribution in [3.8, 4) is 0 Å². The summed E-state index contributed by atoms with van der Waals surface area (Å²) in [4.78, 5) is 28.6. The van der Waals surface area contributed by atoms with E-state index in [9.17, 15) is 23.5 Å². The van der Waals surface area contributed by atoms with Crippen molar-refractivity contribution in [1.29, 1.82) is 0 Å². The number of nitrogens with zero attached hydrogens (tertiary/aromatic N) is 2. The van der Waals surface area contributed by atoms with E-state index in [4.69, 9.17) is 4.74 Å². The molecule has 2 aliphatic heterocycles. The predicted octanol–water partition coefficient (Wildman–Crippen LogP) is 1.50. The van der Waals surface area contributed by atoms with E-state index in [-0.39, 0.29) is 36.8 Å². The van der Waals surface area contributed by atoms with E-state index < -0.39 is 11.6 Å². The molecule has 0 aromatic heterocycles. The second-order valence-corrected chi connectivity index (χ2v) is 7.38. The molecule has 2 saturated heterocycles. The molecule has 0 aliphatic carbocycles. The van der Waals surface area contributed by atoms with Gasteiger partial charge in [0.25, 0.3) is 0 Å². The normalized spacial score (nSPS) is 21.0. The van der Waals surface area contributed by atoms with Crippen LogP contribution >= 0.6 is 0 Å². The highest BCUT2D eigenvalue weighted by Gasteiger charge is 2.31. The molecule has 1 unspecified atom stereocenters. The Morgan fingerprint density at radius 3 is 2.57 bits per heavy atom. The van der Waals surface area contributed by atoms with E-state index >= 15 is 0 Å². The molecule has 2 heterocycles. The van der Waals surface area contributed by atoms with Gasteiger partial charge < -0.3 is 19.6 Å². The number of rotatable bonds is 5. The highest BCUT2D eigenvalue weighted by atomic mass is 19.2. The first-order chi connectivity index (χ1) is 13.4. The minimum Gasteiger partial charge on any atom is -0.393 e. The number of benzene rings is 1. The van der Waals surface area contributed by atoms with Gasteiger partial charge in [-0.15, -0.1) is 0 Å². The Hall–Kier alpha value is -2.06. The number of hydrogen-bond acceptors (Lipinski definition) is 4. The lowest BCUT2D eigenvalue weighted by Gasteiger charge is -2.37. The molecule has 28 heavy (non-hydrogen) atoms. The number of aliphatic hydroxyl groups excluding tert-OH is 1. The molecule has 0 saturated carbocycles. The Bertz CT molecular complexity index is 707. The zero-order valence-corrected chi connectivity index (χ0v) is 15.8. The minimum absolute atomic E-state index is 0.0409. The molecule has 1 atom stereocenters. The smallest absolute Gasteiger partial charge is 0.224 e. The maximum atomic E-state index is 13.3. The van der Waals surface area contributed by atoms with Gasteiger partial charge in [0.1, 0.15) is 0 Å². The van der Waals surface area contributed by atoms with E-state index in [1.165, 1.54) is 6.07 Å². The summed E-state index contributed by atoms with van der Waals surface area (Å²) in [5, 5.41) is 9.58. The molecule has 1 aromatic rings. The first kappa shape index (κ1) is 20.7. The zero-order valence-electron chi connectivity index (χ0n) is 15.8. The van der Waals surface area contributed by atoms with Crippen LogP contribution in [0.4, 0.5) is 8.78 Å². The predicted molar refractivity (Wildman–Crippen MR) is 97.4 cm³/mol. The molecule has 8 heteroatoms. The second kappa shape index (κ2) is 9.43. The third-order valence-corrected chi connectivity index (χ3v) is 5.39. The van der Waals surface area contributed by atoms with Crippen LogP contribution in [-0.2, 0) is 20.7 Å². The van der Waals surface area contributed by atoms with Crippen molar-refractivity contribution >= 4 is 11.8 Å². The van der Waals surface area contributed by atoms with Gasteiger partial charge in [-0.3, -0.25) is 9.59 Å². The van der Waals surface area contributed by atoms with E-state index in [0.29, 0.717) is 57.7 Å². The molecular formula is C20H26F2N2O4. The summed E-state index contributed by atoms with van der Waals surface area (Å²) in [5.41, 5.74) is 0.556. The van der Waals surface area contributed by atoms with Gasteiger partial charge in [0.15, 0.2) is 11.6 Å².